The predicted molar refractivity (Wildman–Crippen MR) is 66.9 cm³/mol. The maximum Gasteiger partial charge on any atom is 0.160 e. The molecule has 1 N–H and O–H groups in total. The zero-order chi connectivity index (χ0) is 12.1. The molecule has 3 nitrogen and oxygen atoms in total. The molecule has 0 aliphatic rings. The van der Waals surface area contributed by atoms with Crippen molar-refractivity contribution in [3.63, 3.8) is 0 Å². The quantitative estimate of drug-likeness (QED) is 0.803. The van der Waals surface area contributed by atoms with Gasteiger partial charge in [-0.15, -0.1) is 0 Å². The lowest BCUT2D eigenvalue weighted by Gasteiger charge is -2.09. The largest absolute Gasteiger partial charge is 0.504 e. The molecule has 0 atom stereocenters. The standard InChI is InChI=1S/C13H24N2O/c1-5-7-9-15-12(10(3)4)13(16)11(14-15)8-6-2/h10,16H,5-9H2,1-4H3. The number of unbranched alkanes of at least 4 members (excludes halogenated alkanes) is 1. The van der Waals surface area contributed by atoms with Crippen molar-refractivity contribution in [2.75, 3.05) is 0 Å². The maximum absolute atomic E-state index is 10.1. The van der Waals surface area contributed by atoms with E-state index in [1.54, 1.807) is 0 Å². The number of rotatable bonds is 6. The van der Waals surface area contributed by atoms with Crippen molar-refractivity contribution in [3.8, 4) is 5.75 Å². The van der Waals surface area contributed by atoms with Crippen LogP contribution in [0, 0.1) is 0 Å². The van der Waals surface area contributed by atoms with Crippen molar-refractivity contribution in [2.45, 2.75) is 65.8 Å². The molecule has 1 heterocycles. The molecule has 0 aromatic carbocycles. The number of aromatic hydroxyl groups is 1. The van der Waals surface area contributed by atoms with Gasteiger partial charge in [0.25, 0.3) is 0 Å². The van der Waals surface area contributed by atoms with Crippen molar-refractivity contribution >= 4 is 0 Å². The first kappa shape index (κ1) is 13.1. The Morgan fingerprint density at radius 1 is 1.25 bits per heavy atom. The summed E-state index contributed by atoms with van der Waals surface area (Å²) >= 11 is 0. The van der Waals surface area contributed by atoms with Crippen molar-refractivity contribution in [3.05, 3.63) is 11.4 Å². The SMILES string of the molecule is CCCCn1nc(CCC)c(O)c1C(C)C. The Kier molecular flexibility index (Phi) is 4.84. The van der Waals surface area contributed by atoms with Gasteiger partial charge in [0, 0.05) is 6.54 Å². The lowest BCUT2D eigenvalue weighted by molar-refractivity contribution is 0.450. The third kappa shape index (κ3) is 2.77. The summed E-state index contributed by atoms with van der Waals surface area (Å²) in [5.41, 5.74) is 1.86. The Morgan fingerprint density at radius 2 is 1.94 bits per heavy atom. The highest BCUT2D eigenvalue weighted by atomic mass is 16.3. The van der Waals surface area contributed by atoms with E-state index in [9.17, 15) is 5.11 Å². The number of aryl methyl sites for hydroxylation is 2. The fourth-order valence-electron chi connectivity index (χ4n) is 1.97. The maximum atomic E-state index is 10.1. The van der Waals surface area contributed by atoms with Crippen LogP contribution in [0.4, 0.5) is 0 Å². The predicted octanol–water partition coefficient (Wildman–Crippen LogP) is 3.46. The van der Waals surface area contributed by atoms with Crippen LogP contribution in [0.5, 0.6) is 5.75 Å². The van der Waals surface area contributed by atoms with Crippen LogP contribution in [-0.2, 0) is 13.0 Å². The monoisotopic (exact) mass is 224 g/mol. The first-order valence-corrected chi connectivity index (χ1v) is 6.40. The molecule has 0 radical (unpaired) electrons. The summed E-state index contributed by atoms with van der Waals surface area (Å²) in [6.07, 6.45) is 4.16. The summed E-state index contributed by atoms with van der Waals surface area (Å²) in [5.74, 6) is 0.753. The van der Waals surface area contributed by atoms with Gasteiger partial charge < -0.3 is 5.11 Å². The highest BCUT2D eigenvalue weighted by Gasteiger charge is 2.18. The van der Waals surface area contributed by atoms with Crippen LogP contribution in [0.2, 0.25) is 0 Å². The van der Waals surface area contributed by atoms with E-state index in [1.165, 1.54) is 0 Å². The minimum atomic E-state index is 0.329. The van der Waals surface area contributed by atoms with E-state index < -0.39 is 0 Å². The normalized spacial score (nSPS) is 11.3. The van der Waals surface area contributed by atoms with E-state index in [0.29, 0.717) is 11.7 Å². The zero-order valence-corrected chi connectivity index (χ0v) is 11.0. The van der Waals surface area contributed by atoms with Gasteiger partial charge >= 0.3 is 0 Å². The molecule has 0 aliphatic heterocycles. The molecule has 0 spiro atoms. The minimum absolute atomic E-state index is 0.329. The number of aromatic nitrogens is 2. The van der Waals surface area contributed by atoms with Gasteiger partial charge in [-0.05, 0) is 18.8 Å². The fourth-order valence-corrected chi connectivity index (χ4v) is 1.97. The molecular formula is C13H24N2O. The zero-order valence-electron chi connectivity index (χ0n) is 11.0. The summed E-state index contributed by atoms with van der Waals surface area (Å²) in [7, 11) is 0. The average Bonchev–Trinajstić information content (AvgIpc) is 2.53. The molecule has 0 saturated heterocycles. The molecule has 0 unspecified atom stereocenters. The first-order valence-electron chi connectivity index (χ1n) is 6.40. The van der Waals surface area contributed by atoms with Gasteiger partial charge in [0.2, 0.25) is 0 Å². The molecule has 3 heteroatoms. The van der Waals surface area contributed by atoms with Crippen LogP contribution in [0.3, 0.4) is 0 Å². The number of hydrogen-bond donors (Lipinski definition) is 1. The van der Waals surface area contributed by atoms with Crippen molar-refractivity contribution < 1.29 is 5.11 Å². The van der Waals surface area contributed by atoms with Crippen LogP contribution in [0.25, 0.3) is 0 Å². The van der Waals surface area contributed by atoms with E-state index in [2.05, 4.69) is 32.8 Å². The number of hydrogen-bond acceptors (Lipinski definition) is 2. The van der Waals surface area contributed by atoms with Gasteiger partial charge in [0.05, 0.1) is 5.69 Å². The molecule has 1 aromatic rings. The van der Waals surface area contributed by atoms with Crippen LogP contribution >= 0.6 is 0 Å². The molecule has 92 valence electrons. The second kappa shape index (κ2) is 5.92. The van der Waals surface area contributed by atoms with Gasteiger partial charge in [-0.1, -0.05) is 40.5 Å². The van der Waals surface area contributed by atoms with E-state index >= 15 is 0 Å². The average molecular weight is 224 g/mol. The molecular weight excluding hydrogens is 200 g/mol. The van der Waals surface area contributed by atoms with E-state index in [1.807, 2.05) is 4.68 Å². The second-order valence-corrected chi connectivity index (χ2v) is 4.66. The Balaban J connectivity index is 2.99. The van der Waals surface area contributed by atoms with Crippen molar-refractivity contribution in [1.29, 1.82) is 0 Å². The number of nitrogens with zero attached hydrogens (tertiary/aromatic N) is 2. The topological polar surface area (TPSA) is 38.0 Å². The first-order chi connectivity index (χ1) is 7.61. The third-order valence-corrected chi connectivity index (χ3v) is 2.79. The Labute approximate surface area is 98.5 Å². The van der Waals surface area contributed by atoms with Gasteiger partial charge in [-0.25, -0.2) is 0 Å². The van der Waals surface area contributed by atoms with E-state index in [-0.39, 0.29) is 0 Å². The molecule has 0 amide bonds. The lowest BCUT2D eigenvalue weighted by Crippen LogP contribution is -2.06. The highest BCUT2D eigenvalue weighted by molar-refractivity contribution is 5.34. The summed E-state index contributed by atoms with van der Waals surface area (Å²) in [5, 5.41) is 14.7. The lowest BCUT2D eigenvalue weighted by atomic mass is 10.1. The molecule has 0 bridgehead atoms. The van der Waals surface area contributed by atoms with Gasteiger partial charge in [-0.3, -0.25) is 4.68 Å². The van der Waals surface area contributed by atoms with Crippen molar-refractivity contribution in [1.82, 2.24) is 9.78 Å². The Morgan fingerprint density at radius 3 is 2.44 bits per heavy atom. The molecule has 16 heavy (non-hydrogen) atoms. The van der Waals surface area contributed by atoms with Crippen LogP contribution in [-0.4, -0.2) is 14.9 Å². The summed E-state index contributed by atoms with van der Waals surface area (Å²) < 4.78 is 1.99. The molecule has 0 fully saturated rings. The van der Waals surface area contributed by atoms with Gasteiger partial charge in [0.15, 0.2) is 5.75 Å². The smallest absolute Gasteiger partial charge is 0.160 e. The molecule has 1 aromatic heterocycles. The highest BCUT2D eigenvalue weighted by Crippen LogP contribution is 2.29. The van der Waals surface area contributed by atoms with Crippen LogP contribution in [0.15, 0.2) is 0 Å². The van der Waals surface area contributed by atoms with Crippen LogP contribution < -0.4 is 0 Å². The Hall–Kier alpha value is -0.990. The summed E-state index contributed by atoms with van der Waals surface area (Å²) in [4.78, 5) is 0. The van der Waals surface area contributed by atoms with Crippen molar-refractivity contribution in [2.24, 2.45) is 0 Å². The van der Waals surface area contributed by atoms with E-state index in [0.717, 1.165) is 43.6 Å². The molecule has 0 saturated carbocycles. The van der Waals surface area contributed by atoms with Crippen LogP contribution in [0.1, 0.15) is 64.3 Å². The Bertz CT molecular complexity index is 329. The minimum Gasteiger partial charge on any atom is -0.504 e. The summed E-state index contributed by atoms with van der Waals surface area (Å²) in [6, 6.07) is 0. The van der Waals surface area contributed by atoms with Gasteiger partial charge in [0.1, 0.15) is 5.69 Å². The fraction of sp³-hybridized carbons (Fsp3) is 0.769. The third-order valence-electron chi connectivity index (χ3n) is 2.79. The summed E-state index contributed by atoms with van der Waals surface area (Å²) in [6.45, 7) is 9.41. The van der Waals surface area contributed by atoms with Gasteiger partial charge in [-0.2, -0.15) is 5.10 Å². The second-order valence-electron chi connectivity index (χ2n) is 4.66. The molecule has 0 aliphatic carbocycles. The van der Waals surface area contributed by atoms with E-state index in [4.69, 9.17) is 0 Å². The molecule has 1 rings (SSSR count).